The predicted molar refractivity (Wildman–Crippen MR) is 94.1 cm³/mol. The number of morpholine rings is 1. The quantitative estimate of drug-likeness (QED) is 0.796. The molecule has 1 N–H and O–H groups in total. The van der Waals surface area contributed by atoms with Crippen molar-refractivity contribution < 1.29 is 14.6 Å². The number of aliphatic hydroxyl groups is 1. The molecule has 0 spiro atoms. The highest BCUT2D eigenvalue weighted by Crippen LogP contribution is 2.23. The summed E-state index contributed by atoms with van der Waals surface area (Å²) in [6, 6.07) is 0. The SMILES string of the molecule is CCc1nccn1CC(=O)N1C[C@@H](CN2CCOCC2)C[C@H](CO)C1. The molecule has 2 fully saturated rings. The number of carbonyl (C=O) groups excluding carboxylic acids is 1. The lowest BCUT2D eigenvalue weighted by atomic mass is 9.89. The number of piperidine rings is 1. The minimum Gasteiger partial charge on any atom is -0.396 e. The van der Waals surface area contributed by atoms with Crippen molar-refractivity contribution in [2.45, 2.75) is 26.3 Å². The van der Waals surface area contributed by atoms with Crippen LogP contribution in [0.5, 0.6) is 0 Å². The first-order valence-corrected chi connectivity index (χ1v) is 9.38. The third kappa shape index (κ3) is 4.80. The smallest absolute Gasteiger partial charge is 0.242 e. The zero-order valence-corrected chi connectivity index (χ0v) is 15.1. The molecule has 3 rings (SSSR count). The van der Waals surface area contributed by atoms with Gasteiger partial charge in [-0.2, -0.15) is 0 Å². The highest BCUT2D eigenvalue weighted by atomic mass is 16.5. The van der Waals surface area contributed by atoms with E-state index in [0.29, 0.717) is 19.0 Å². The first-order chi connectivity index (χ1) is 12.2. The van der Waals surface area contributed by atoms with Crippen LogP contribution in [0.3, 0.4) is 0 Å². The molecule has 140 valence electrons. The molecule has 2 aliphatic rings. The van der Waals surface area contributed by atoms with Crippen molar-refractivity contribution >= 4 is 5.91 Å². The van der Waals surface area contributed by atoms with Crippen molar-refractivity contribution in [2.24, 2.45) is 11.8 Å². The van der Waals surface area contributed by atoms with Gasteiger partial charge in [-0.15, -0.1) is 0 Å². The monoisotopic (exact) mass is 350 g/mol. The molecule has 7 heteroatoms. The van der Waals surface area contributed by atoms with E-state index in [2.05, 4.69) is 9.88 Å². The van der Waals surface area contributed by atoms with E-state index in [0.717, 1.165) is 58.1 Å². The molecule has 0 unspecified atom stereocenters. The van der Waals surface area contributed by atoms with Crippen LogP contribution in [0.1, 0.15) is 19.2 Å². The number of likely N-dealkylation sites (tertiary alicyclic amines) is 1. The molecule has 7 nitrogen and oxygen atoms in total. The normalized spacial score (nSPS) is 25.3. The Morgan fingerprint density at radius 1 is 1.32 bits per heavy atom. The maximum Gasteiger partial charge on any atom is 0.242 e. The van der Waals surface area contributed by atoms with E-state index >= 15 is 0 Å². The van der Waals surface area contributed by atoms with E-state index in [-0.39, 0.29) is 18.4 Å². The molecular weight excluding hydrogens is 320 g/mol. The molecule has 2 atom stereocenters. The average Bonchev–Trinajstić information content (AvgIpc) is 3.09. The zero-order valence-electron chi connectivity index (χ0n) is 15.1. The second-order valence-corrected chi connectivity index (χ2v) is 7.19. The molecule has 25 heavy (non-hydrogen) atoms. The highest BCUT2D eigenvalue weighted by Gasteiger charge is 2.31. The highest BCUT2D eigenvalue weighted by molar-refractivity contribution is 5.76. The van der Waals surface area contributed by atoms with Gasteiger partial charge in [-0.05, 0) is 18.3 Å². The molecular formula is C18H30N4O3. The largest absolute Gasteiger partial charge is 0.396 e. The van der Waals surface area contributed by atoms with E-state index in [4.69, 9.17) is 4.74 Å². The number of hydrogen-bond donors (Lipinski definition) is 1. The number of amides is 1. The summed E-state index contributed by atoms with van der Waals surface area (Å²) in [5.74, 6) is 1.66. The summed E-state index contributed by atoms with van der Waals surface area (Å²) < 4.78 is 7.35. The number of rotatable bonds is 6. The van der Waals surface area contributed by atoms with Crippen LogP contribution in [0.15, 0.2) is 12.4 Å². The van der Waals surface area contributed by atoms with Gasteiger partial charge in [0.15, 0.2) is 0 Å². The van der Waals surface area contributed by atoms with Crippen LogP contribution in [0.25, 0.3) is 0 Å². The lowest BCUT2D eigenvalue weighted by Gasteiger charge is -2.40. The molecule has 1 aromatic rings. The Balaban J connectivity index is 1.60. The van der Waals surface area contributed by atoms with Crippen LogP contribution in [0.4, 0.5) is 0 Å². The van der Waals surface area contributed by atoms with Crippen LogP contribution >= 0.6 is 0 Å². The fourth-order valence-electron chi connectivity index (χ4n) is 3.98. The molecule has 2 aliphatic heterocycles. The van der Waals surface area contributed by atoms with Crippen LogP contribution in [-0.4, -0.2) is 82.9 Å². The van der Waals surface area contributed by atoms with E-state index < -0.39 is 0 Å². The molecule has 0 aliphatic carbocycles. The first kappa shape index (κ1) is 18.4. The van der Waals surface area contributed by atoms with E-state index in [1.807, 2.05) is 22.6 Å². The lowest BCUT2D eigenvalue weighted by Crippen LogP contribution is -2.50. The van der Waals surface area contributed by atoms with Gasteiger partial charge in [0.25, 0.3) is 0 Å². The number of aromatic nitrogens is 2. The summed E-state index contributed by atoms with van der Waals surface area (Å²) in [4.78, 5) is 21.4. The maximum absolute atomic E-state index is 12.8. The van der Waals surface area contributed by atoms with Gasteiger partial charge in [0.05, 0.1) is 13.2 Å². The maximum atomic E-state index is 12.8. The number of ether oxygens (including phenoxy) is 1. The fourth-order valence-corrected chi connectivity index (χ4v) is 3.98. The van der Waals surface area contributed by atoms with Crippen molar-refractivity contribution in [1.29, 1.82) is 0 Å². The topological polar surface area (TPSA) is 70.8 Å². The lowest BCUT2D eigenvalue weighted by molar-refractivity contribution is -0.135. The summed E-state index contributed by atoms with van der Waals surface area (Å²) in [5, 5.41) is 9.67. The van der Waals surface area contributed by atoms with Gasteiger partial charge in [-0.3, -0.25) is 9.69 Å². The van der Waals surface area contributed by atoms with Gasteiger partial charge >= 0.3 is 0 Å². The van der Waals surface area contributed by atoms with Crippen LogP contribution in [0.2, 0.25) is 0 Å². The zero-order chi connectivity index (χ0) is 17.6. The summed E-state index contributed by atoms with van der Waals surface area (Å²) in [5.41, 5.74) is 0. The number of aryl methyl sites for hydroxylation is 1. The van der Waals surface area contributed by atoms with E-state index in [1.54, 1.807) is 6.20 Å². The minimum absolute atomic E-state index is 0.123. The Hall–Kier alpha value is -1.44. The standard InChI is InChI=1S/C18H30N4O3/c1-2-17-19-3-4-21(17)13-18(24)22-11-15(9-16(12-22)14-23)10-20-5-7-25-8-6-20/h3-4,15-16,23H,2,5-14H2,1H3/t15-,16+/m1/s1. The van der Waals surface area contributed by atoms with Crippen molar-refractivity contribution in [3.8, 4) is 0 Å². The molecule has 0 saturated carbocycles. The molecule has 0 aromatic carbocycles. The van der Waals surface area contributed by atoms with E-state index in [1.165, 1.54) is 0 Å². The van der Waals surface area contributed by atoms with Crippen molar-refractivity contribution in [3.05, 3.63) is 18.2 Å². The fraction of sp³-hybridized carbons (Fsp3) is 0.778. The van der Waals surface area contributed by atoms with Crippen LogP contribution in [-0.2, 0) is 22.5 Å². The van der Waals surface area contributed by atoms with Crippen LogP contribution in [0, 0.1) is 11.8 Å². The molecule has 0 bridgehead atoms. The number of aliphatic hydroxyl groups excluding tert-OH is 1. The summed E-state index contributed by atoms with van der Waals surface area (Å²) in [6.45, 7) is 8.46. The Bertz CT molecular complexity index is 556. The molecule has 1 amide bonds. The number of hydrogen-bond acceptors (Lipinski definition) is 5. The summed E-state index contributed by atoms with van der Waals surface area (Å²) in [7, 11) is 0. The second-order valence-electron chi connectivity index (χ2n) is 7.19. The number of nitrogens with zero attached hydrogens (tertiary/aromatic N) is 4. The molecule has 0 radical (unpaired) electrons. The van der Waals surface area contributed by atoms with Gasteiger partial charge in [-0.25, -0.2) is 4.98 Å². The van der Waals surface area contributed by atoms with Gasteiger partial charge in [-0.1, -0.05) is 6.92 Å². The van der Waals surface area contributed by atoms with Gasteiger partial charge < -0.3 is 19.3 Å². The second kappa shape index (κ2) is 8.78. The number of carbonyl (C=O) groups is 1. The van der Waals surface area contributed by atoms with Gasteiger partial charge in [0, 0.05) is 58.1 Å². The Labute approximate surface area is 149 Å². The molecule has 2 saturated heterocycles. The van der Waals surface area contributed by atoms with Crippen molar-refractivity contribution in [3.63, 3.8) is 0 Å². The summed E-state index contributed by atoms with van der Waals surface area (Å²) in [6.07, 6.45) is 5.43. The molecule has 1 aromatic heterocycles. The van der Waals surface area contributed by atoms with Crippen molar-refractivity contribution in [1.82, 2.24) is 19.4 Å². The number of imidazole rings is 1. The Morgan fingerprint density at radius 3 is 2.80 bits per heavy atom. The van der Waals surface area contributed by atoms with Gasteiger partial charge in [0.1, 0.15) is 12.4 Å². The Morgan fingerprint density at radius 2 is 2.08 bits per heavy atom. The summed E-state index contributed by atoms with van der Waals surface area (Å²) >= 11 is 0. The van der Waals surface area contributed by atoms with Crippen LogP contribution < -0.4 is 0 Å². The third-order valence-corrected chi connectivity index (χ3v) is 5.28. The van der Waals surface area contributed by atoms with Gasteiger partial charge in [0.2, 0.25) is 5.91 Å². The van der Waals surface area contributed by atoms with Crippen molar-refractivity contribution in [2.75, 3.05) is 52.5 Å². The minimum atomic E-state index is 0.123. The average molecular weight is 350 g/mol. The third-order valence-electron chi connectivity index (χ3n) is 5.28. The Kier molecular flexibility index (Phi) is 6.45. The predicted octanol–water partition coefficient (Wildman–Crippen LogP) is 0.235. The molecule has 3 heterocycles. The first-order valence-electron chi connectivity index (χ1n) is 9.38. The van der Waals surface area contributed by atoms with E-state index in [9.17, 15) is 9.90 Å².